The molecule has 0 spiro atoms. The van der Waals surface area contributed by atoms with E-state index in [2.05, 4.69) is 6.92 Å². The van der Waals surface area contributed by atoms with E-state index in [1.165, 1.54) is 0 Å². The average Bonchev–Trinajstić information content (AvgIpc) is 2.46. The van der Waals surface area contributed by atoms with E-state index >= 15 is 0 Å². The summed E-state index contributed by atoms with van der Waals surface area (Å²) in [6.07, 6.45) is 3.98. The topological polar surface area (TPSA) is 60.9 Å². The van der Waals surface area contributed by atoms with Crippen molar-refractivity contribution in [1.82, 2.24) is 9.80 Å². The standard InChI is InChI=1S/C14H24N2O3S/c1-2-12-10-15(7-8-20-12)14(19)16-6-4-3-5-11(16)9-13(17)18/h11-12H,2-10H2,1H3,(H,17,18). The lowest BCUT2D eigenvalue weighted by molar-refractivity contribution is -0.138. The molecule has 0 bridgehead atoms. The minimum absolute atomic E-state index is 0.0506. The second-order valence-corrected chi connectivity index (χ2v) is 6.98. The molecule has 0 aromatic carbocycles. The highest BCUT2D eigenvalue weighted by Crippen LogP contribution is 2.25. The van der Waals surface area contributed by atoms with Gasteiger partial charge in [0, 0.05) is 36.7 Å². The molecule has 0 aromatic rings. The van der Waals surface area contributed by atoms with Crippen molar-refractivity contribution in [2.24, 2.45) is 0 Å². The van der Waals surface area contributed by atoms with Gasteiger partial charge in [-0.15, -0.1) is 0 Å². The number of hydrogen-bond acceptors (Lipinski definition) is 3. The lowest BCUT2D eigenvalue weighted by atomic mass is 10.00. The van der Waals surface area contributed by atoms with Crippen molar-refractivity contribution in [3.8, 4) is 0 Å². The first-order chi connectivity index (χ1) is 9.61. The van der Waals surface area contributed by atoms with Gasteiger partial charge in [0.05, 0.1) is 6.42 Å². The molecule has 2 saturated heterocycles. The Hall–Kier alpha value is -0.910. The van der Waals surface area contributed by atoms with Gasteiger partial charge in [0.1, 0.15) is 0 Å². The molecule has 114 valence electrons. The summed E-state index contributed by atoms with van der Waals surface area (Å²) in [4.78, 5) is 27.3. The van der Waals surface area contributed by atoms with E-state index in [4.69, 9.17) is 5.11 Å². The van der Waals surface area contributed by atoms with Gasteiger partial charge < -0.3 is 14.9 Å². The highest BCUT2D eigenvalue weighted by molar-refractivity contribution is 8.00. The Morgan fingerprint density at radius 1 is 1.30 bits per heavy atom. The van der Waals surface area contributed by atoms with Gasteiger partial charge >= 0.3 is 12.0 Å². The molecule has 2 heterocycles. The number of amides is 2. The van der Waals surface area contributed by atoms with Crippen molar-refractivity contribution >= 4 is 23.8 Å². The number of carboxylic acids is 1. The quantitative estimate of drug-likeness (QED) is 0.868. The number of carbonyl (C=O) groups excluding carboxylic acids is 1. The molecule has 2 fully saturated rings. The maximum Gasteiger partial charge on any atom is 0.320 e. The van der Waals surface area contributed by atoms with E-state index < -0.39 is 5.97 Å². The predicted octanol–water partition coefficient (Wildman–Crippen LogP) is 2.26. The number of hydrogen-bond donors (Lipinski definition) is 1. The molecule has 1 N–H and O–H groups in total. The Balaban J connectivity index is 1.99. The number of rotatable bonds is 3. The predicted molar refractivity (Wildman–Crippen MR) is 80.1 cm³/mol. The molecule has 20 heavy (non-hydrogen) atoms. The van der Waals surface area contributed by atoms with Crippen LogP contribution < -0.4 is 0 Å². The van der Waals surface area contributed by atoms with Crippen LogP contribution in [0.3, 0.4) is 0 Å². The summed E-state index contributed by atoms with van der Waals surface area (Å²) >= 11 is 1.94. The normalized spacial score (nSPS) is 27.4. The second kappa shape index (κ2) is 7.20. The molecule has 2 atom stereocenters. The van der Waals surface area contributed by atoms with E-state index in [9.17, 15) is 9.59 Å². The van der Waals surface area contributed by atoms with Crippen LogP contribution in [0.4, 0.5) is 4.79 Å². The zero-order valence-corrected chi connectivity index (χ0v) is 12.9. The fourth-order valence-corrected chi connectivity index (χ4v) is 4.17. The monoisotopic (exact) mass is 300 g/mol. The van der Waals surface area contributed by atoms with Crippen molar-refractivity contribution in [2.75, 3.05) is 25.4 Å². The van der Waals surface area contributed by atoms with E-state index in [0.717, 1.165) is 44.5 Å². The van der Waals surface area contributed by atoms with Gasteiger partial charge in [-0.25, -0.2) is 4.79 Å². The minimum atomic E-state index is -0.810. The maximum atomic E-state index is 12.7. The number of aliphatic carboxylic acids is 1. The van der Waals surface area contributed by atoms with Gasteiger partial charge in [0.25, 0.3) is 0 Å². The Morgan fingerprint density at radius 2 is 2.10 bits per heavy atom. The third-order valence-electron chi connectivity index (χ3n) is 4.15. The molecular formula is C14H24N2O3S. The number of urea groups is 1. The summed E-state index contributed by atoms with van der Waals surface area (Å²) in [5, 5.41) is 9.52. The lowest BCUT2D eigenvalue weighted by Gasteiger charge is -2.41. The molecule has 0 aromatic heterocycles. The summed E-state index contributed by atoms with van der Waals surface area (Å²) in [6.45, 7) is 4.45. The molecule has 2 aliphatic rings. The van der Waals surface area contributed by atoms with Gasteiger partial charge in [-0.05, 0) is 25.7 Å². The SMILES string of the molecule is CCC1CN(C(=O)N2CCCCC2CC(=O)O)CCS1. The fourth-order valence-electron chi connectivity index (χ4n) is 2.99. The first-order valence-corrected chi connectivity index (χ1v) is 8.55. The largest absolute Gasteiger partial charge is 0.481 e. The lowest BCUT2D eigenvalue weighted by Crippen LogP contribution is -2.53. The first-order valence-electron chi connectivity index (χ1n) is 7.50. The van der Waals surface area contributed by atoms with Crippen molar-refractivity contribution in [1.29, 1.82) is 0 Å². The Labute approximate surface area is 124 Å². The molecule has 2 rings (SSSR count). The molecule has 2 amide bonds. The molecule has 0 radical (unpaired) electrons. The van der Waals surface area contributed by atoms with Crippen LogP contribution in [0.2, 0.25) is 0 Å². The zero-order valence-electron chi connectivity index (χ0n) is 12.1. The Morgan fingerprint density at radius 3 is 2.80 bits per heavy atom. The fraction of sp³-hybridized carbons (Fsp3) is 0.857. The average molecular weight is 300 g/mol. The second-order valence-electron chi connectivity index (χ2n) is 5.57. The number of nitrogens with zero attached hydrogens (tertiary/aromatic N) is 2. The molecule has 6 heteroatoms. The van der Waals surface area contributed by atoms with Crippen molar-refractivity contribution < 1.29 is 14.7 Å². The highest BCUT2D eigenvalue weighted by atomic mass is 32.2. The van der Waals surface area contributed by atoms with Crippen LogP contribution in [-0.2, 0) is 4.79 Å². The van der Waals surface area contributed by atoms with Gasteiger partial charge in [-0.2, -0.15) is 11.8 Å². The van der Waals surface area contributed by atoms with Crippen LogP contribution in [0, 0.1) is 0 Å². The van der Waals surface area contributed by atoms with Gasteiger partial charge in [0.2, 0.25) is 0 Å². The molecule has 0 saturated carbocycles. The molecule has 0 aliphatic carbocycles. The summed E-state index contributed by atoms with van der Waals surface area (Å²) in [6, 6.07) is -0.0712. The summed E-state index contributed by atoms with van der Waals surface area (Å²) in [5.74, 6) is 0.178. The van der Waals surface area contributed by atoms with Crippen LogP contribution in [0.15, 0.2) is 0 Å². The third-order valence-corrected chi connectivity index (χ3v) is 5.52. The Bertz CT molecular complexity index is 364. The highest BCUT2D eigenvalue weighted by Gasteiger charge is 2.33. The number of piperidine rings is 1. The van der Waals surface area contributed by atoms with Gasteiger partial charge in [-0.3, -0.25) is 4.79 Å². The van der Waals surface area contributed by atoms with Gasteiger partial charge in [0.15, 0.2) is 0 Å². The van der Waals surface area contributed by atoms with Crippen LogP contribution in [0.1, 0.15) is 39.0 Å². The van der Waals surface area contributed by atoms with E-state index in [-0.39, 0.29) is 18.5 Å². The van der Waals surface area contributed by atoms with Gasteiger partial charge in [-0.1, -0.05) is 6.92 Å². The molecule has 2 unspecified atom stereocenters. The summed E-state index contributed by atoms with van der Waals surface area (Å²) in [7, 11) is 0. The van der Waals surface area contributed by atoms with Crippen LogP contribution in [0.5, 0.6) is 0 Å². The van der Waals surface area contributed by atoms with E-state index in [0.29, 0.717) is 11.8 Å². The van der Waals surface area contributed by atoms with Crippen molar-refractivity contribution in [3.63, 3.8) is 0 Å². The number of likely N-dealkylation sites (tertiary alicyclic amines) is 1. The smallest absolute Gasteiger partial charge is 0.320 e. The van der Waals surface area contributed by atoms with E-state index in [1.54, 1.807) is 4.90 Å². The van der Waals surface area contributed by atoms with Crippen LogP contribution in [0.25, 0.3) is 0 Å². The summed E-state index contributed by atoms with van der Waals surface area (Å²) in [5.41, 5.74) is 0. The molecular weight excluding hydrogens is 276 g/mol. The molecule has 5 nitrogen and oxygen atoms in total. The van der Waals surface area contributed by atoms with Crippen molar-refractivity contribution in [3.05, 3.63) is 0 Å². The third kappa shape index (κ3) is 3.81. The summed E-state index contributed by atoms with van der Waals surface area (Å²) < 4.78 is 0. The van der Waals surface area contributed by atoms with E-state index in [1.807, 2.05) is 16.7 Å². The molecule has 2 aliphatic heterocycles. The number of carboxylic acid groups (broad SMARTS) is 1. The zero-order chi connectivity index (χ0) is 14.5. The van der Waals surface area contributed by atoms with Crippen LogP contribution >= 0.6 is 11.8 Å². The number of thioether (sulfide) groups is 1. The first kappa shape index (κ1) is 15.5. The van der Waals surface area contributed by atoms with Crippen LogP contribution in [-0.4, -0.2) is 63.6 Å². The van der Waals surface area contributed by atoms with Crippen molar-refractivity contribution in [2.45, 2.75) is 50.3 Å². The number of carbonyl (C=O) groups is 2. The Kier molecular flexibility index (Phi) is 5.57. The minimum Gasteiger partial charge on any atom is -0.481 e. The maximum absolute atomic E-state index is 12.7.